The SMILES string of the molecule is Cn1ccc(C(=O)N/N=C\c2cccc([N+](=O)[O-])c2)n1. The largest absolute Gasteiger partial charge is 0.291 e. The topological polar surface area (TPSA) is 102 Å². The molecule has 2 rings (SSSR count). The van der Waals surface area contributed by atoms with E-state index in [1.54, 1.807) is 31.4 Å². The first kappa shape index (κ1) is 13.4. The lowest BCUT2D eigenvalue weighted by Crippen LogP contribution is -2.18. The van der Waals surface area contributed by atoms with Gasteiger partial charge in [0.25, 0.3) is 11.6 Å². The number of benzene rings is 1. The van der Waals surface area contributed by atoms with Crippen molar-refractivity contribution in [2.24, 2.45) is 12.1 Å². The van der Waals surface area contributed by atoms with Crippen LogP contribution in [-0.2, 0) is 7.05 Å². The van der Waals surface area contributed by atoms with Crippen molar-refractivity contribution in [3.05, 3.63) is 57.9 Å². The third kappa shape index (κ3) is 3.25. The van der Waals surface area contributed by atoms with Crippen LogP contribution < -0.4 is 5.43 Å². The number of carbonyl (C=O) groups is 1. The van der Waals surface area contributed by atoms with E-state index < -0.39 is 10.8 Å². The van der Waals surface area contributed by atoms with Crippen LogP contribution in [0.1, 0.15) is 16.1 Å². The molecule has 2 aromatic rings. The minimum atomic E-state index is -0.496. The van der Waals surface area contributed by atoms with Crippen LogP contribution in [0.25, 0.3) is 0 Å². The summed E-state index contributed by atoms with van der Waals surface area (Å²) >= 11 is 0. The molecular formula is C12H11N5O3. The molecule has 20 heavy (non-hydrogen) atoms. The fourth-order valence-corrected chi connectivity index (χ4v) is 1.48. The molecule has 0 aliphatic heterocycles. The summed E-state index contributed by atoms with van der Waals surface area (Å²) in [5.74, 6) is -0.452. The van der Waals surface area contributed by atoms with Crippen LogP contribution in [0.5, 0.6) is 0 Å². The van der Waals surface area contributed by atoms with Gasteiger partial charge in [-0.2, -0.15) is 10.2 Å². The molecule has 0 saturated heterocycles. The molecule has 0 fully saturated rings. The first-order valence-corrected chi connectivity index (χ1v) is 5.64. The molecule has 0 spiro atoms. The van der Waals surface area contributed by atoms with Gasteiger partial charge in [0, 0.05) is 30.9 Å². The molecule has 1 aromatic carbocycles. The number of amides is 1. The third-order valence-corrected chi connectivity index (χ3v) is 2.41. The number of nitrogens with one attached hydrogen (secondary N) is 1. The van der Waals surface area contributed by atoms with Gasteiger partial charge in [-0.1, -0.05) is 12.1 Å². The van der Waals surface area contributed by atoms with Gasteiger partial charge in [0.1, 0.15) is 0 Å². The van der Waals surface area contributed by atoms with Gasteiger partial charge < -0.3 is 0 Å². The lowest BCUT2D eigenvalue weighted by atomic mass is 10.2. The Hall–Kier alpha value is -3.03. The Kier molecular flexibility index (Phi) is 3.85. The quantitative estimate of drug-likeness (QED) is 0.511. The molecular weight excluding hydrogens is 262 g/mol. The molecule has 0 radical (unpaired) electrons. The zero-order valence-electron chi connectivity index (χ0n) is 10.6. The van der Waals surface area contributed by atoms with Crippen molar-refractivity contribution in [2.45, 2.75) is 0 Å². The molecule has 1 heterocycles. The minimum absolute atomic E-state index is 0.0370. The first-order chi connectivity index (χ1) is 9.56. The minimum Gasteiger partial charge on any atom is -0.275 e. The molecule has 0 aliphatic carbocycles. The van der Waals surface area contributed by atoms with Crippen molar-refractivity contribution >= 4 is 17.8 Å². The van der Waals surface area contributed by atoms with Gasteiger partial charge in [0.05, 0.1) is 11.1 Å². The van der Waals surface area contributed by atoms with Gasteiger partial charge in [0.2, 0.25) is 0 Å². The van der Waals surface area contributed by atoms with Crippen molar-refractivity contribution < 1.29 is 9.72 Å². The number of non-ortho nitro benzene ring substituents is 1. The highest BCUT2D eigenvalue weighted by Gasteiger charge is 2.07. The molecule has 1 amide bonds. The van der Waals surface area contributed by atoms with Crippen LogP contribution in [0.4, 0.5) is 5.69 Å². The van der Waals surface area contributed by atoms with Gasteiger partial charge in [-0.25, -0.2) is 5.43 Å². The monoisotopic (exact) mass is 273 g/mol. The summed E-state index contributed by atoms with van der Waals surface area (Å²) in [6.07, 6.45) is 2.97. The summed E-state index contributed by atoms with van der Waals surface area (Å²) in [5, 5.41) is 18.2. The van der Waals surface area contributed by atoms with E-state index in [9.17, 15) is 14.9 Å². The van der Waals surface area contributed by atoms with E-state index >= 15 is 0 Å². The van der Waals surface area contributed by atoms with E-state index in [1.807, 2.05) is 0 Å². The third-order valence-electron chi connectivity index (χ3n) is 2.41. The van der Waals surface area contributed by atoms with Crippen molar-refractivity contribution in [2.75, 3.05) is 0 Å². The average molecular weight is 273 g/mol. The fourth-order valence-electron chi connectivity index (χ4n) is 1.48. The normalized spacial score (nSPS) is 10.7. The van der Waals surface area contributed by atoms with Crippen molar-refractivity contribution in [3.8, 4) is 0 Å². The van der Waals surface area contributed by atoms with Crippen LogP contribution in [-0.4, -0.2) is 26.8 Å². The lowest BCUT2D eigenvalue weighted by molar-refractivity contribution is -0.384. The van der Waals surface area contributed by atoms with Crippen LogP contribution >= 0.6 is 0 Å². The fraction of sp³-hybridized carbons (Fsp3) is 0.0833. The Labute approximate surface area is 113 Å². The van der Waals surface area contributed by atoms with Crippen molar-refractivity contribution in [3.63, 3.8) is 0 Å². The Morgan fingerprint density at radius 3 is 2.95 bits per heavy atom. The maximum Gasteiger partial charge on any atom is 0.291 e. The molecule has 0 bridgehead atoms. The second-order valence-corrected chi connectivity index (χ2v) is 3.93. The summed E-state index contributed by atoms with van der Waals surface area (Å²) in [4.78, 5) is 21.7. The maximum absolute atomic E-state index is 11.6. The van der Waals surface area contributed by atoms with E-state index in [1.165, 1.54) is 23.0 Å². The number of hydrogen-bond donors (Lipinski definition) is 1. The Morgan fingerprint density at radius 2 is 2.30 bits per heavy atom. The molecule has 1 aromatic heterocycles. The van der Waals surface area contributed by atoms with E-state index in [2.05, 4.69) is 15.6 Å². The number of rotatable bonds is 4. The van der Waals surface area contributed by atoms with Gasteiger partial charge in [-0.15, -0.1) is 0 Å². The number of carbonyl (C=O) groups excluding carboxylic acids is 1. The van der Waals surface area contributed by atoms with Gasteiger partial charge in [-0.05, 0) is 6.07 Å². The number of nitrogens with zero attached hydrogens (tertiary/aromatic N) is 4. The number of aryl methyl sites for hydroxylation is 1. The number of hydrazone groups is 1. The van der Waals surface area contributed by atoms with Crippen LogP contribution in [0.2, 0.25) is 0 Å². The molecule has 8 heteroatoms. The van der Waals surface area contributed by atoms with Gasteiger partial charge in [-0.3, -0.25) is 19.6 Å². The van der Waals surface area contributed by atoms with Crippen LogP contribution in [0.15, 0.2) is 41.6 Å². The molecule has 0 unspecified atom stereocenters. The highest BCUT2D eigenvalue weighted by molar-refractivity contribution is 5.93. The first-order valence-electron chi connectivity index (χ1n) is 5.64. The predicted molar refractivity (Wildman–Crippen MR) is 71.4 cm³/mol. The zero-order valence-corrected chi connectivity index (χ0v) is 10.6. The highest BCUT2D eigenvalue weighted by Crippen LogP contribution is 2.11. The molecule has 0 aliphatic rings. The van der Waals surface area contributed by atoms with Crippen molar-refractivity contribution in [1.29, 1.82) is 0 Å². The number of nitro benzene ring substituents is 1. The van der Waals surface area contributed by atoms with E-state index in [0.29, 0.717) is 5.56 Å². The maximum atomic E-state index is 11.6. The van der Waals surface area contributed by atoms with Crippen LogP contribution in [0.3, 0.4) is 0 Å². The molecule has 1 N–H and O–H groups in total. The average Bonchev–Trinajstić information content (AvgIpc) is 2.86. The van der Waals surface area contributed by atoms with E-state index in [-0.39, 0.29) is 11.4 Å². The second-order valence-electron chi connectivity index (χ2n) is 3.93. The highest BCUT2D eigenvalue weighted by atomic mass is 16.6. The van der Waals surface area contributed by atoms with Crippen LogP contribution in [0, 0.1) is 10.1 Å². The molecule has 8 nitrogen and oxygen atoms in total. The second kappa shape index (κ2) is 5.74. The summed E-state index contributed by atoms with van der Waals surface area (Å²) < 4.78 is 1.50. The lowest BCUT2D eigenvalue weighted by Gasteiger charge is -1.96. The van der Waals surface area contributed by atoms with Crippen molar-refractivity contribution in [1.82, 2.24) is 15.2 Å². The molecule has 0 atom stereocenters. The predicted octanol–water partition coefficient (Wildman–Crippen LogP) is 1.09. The Bertz CT molecular complexity index is 677. The summed E-state index contributed by atoms with van der Waals surface area (Å²) in [6.45, 7) is 0. The van der Waals surface area contributed by atoms with Gasteiger partial charge in [0.15, 0.2) is 5.69 Å². The summed E-state index contributed by atoms with van der Waals surface area (Å²) in [5.41, 5.74) is 3.01. The zero-order chi connectivity index (χ0) is 14.5. The van der Waals surface area contributed by atoms with E-state index in [4.69, 9.17) is 0 Å². The number of hydrogen-bond acceptors (Lipinski definition) is 5. The number of aromatic nitrogens is 2. The molecule has 0 saturated carbocycles. The Morgan fingerprint density at radius 1 is 1.50 bits per heavy atom. The standard InChI is InChI=1S/C12H11N5O3/c1-16-6-5-11(15-16)12(18)14-13-8-9-3-2-4-10(7-9)17(19)20/h2-8H,1H3,(H,14,18)/b13-8-. The smallest absolute Gasteiger partial charge is 0.275 e. The summed E-state index contributed by atoms with van der Waals surface area (Å²) in [6, 6.07) is 7.47. The molecule has 102 valence electrons. The number of nitro groups is 1. The van der Waals surface area contributed by atoms with Gasteiger partial charge >= 0.3 is 0 Å². The van der Waals surface area contributed by atoms with E-state index in [0.717, 1.165) is 0 Å². The summed E-state index contributed by atoms with van der Waals surface area (Å²) in [7, 11) is 1.70. The Balaban J connectivity index is 2.01.